The van der Waals surface area contributed by atoms with E-state index < -0.39 is 26.1 Å². The van der Waals surface area contributed by atoms with Gasteiger partial charge < -0.3 is 5.32 Å². The zero-order valence-electron chi connectivity index (χ0n) is 10.8. The molecule has 1 aromatic carbocycles. The smallest absolute Gasteiger partial charge is 0.290 e. The van der Waals surface area contributed by atoms with Crippen LogP contribution in [-0.2, 0) is 0 Å². The maximum Gasteiger partial charge on any atom is 0.290 e. The summed E-state index contributed by atoms with van der Waals surface area (Å²) in [6.07, 6.45) is 5.63. The normalized spacial score (nSPS) is 10.6. The van der Waals surface area contributed by atoms with E-state index in [1.807, 2.05) is 0 Å². The number of nitrogens with one attached hydrogen (secondary N) is 1. The zero-order chi connectivity index (χ0) is 16.7. The number of rotatable bonds is 7. The molecule has 0 amide bonds. The molecule has 0 radical (unpaired) electrons. The van der Waals surface area contributed by atoms with Crippen LogP contribution in [0, 0.1) is 42.7 Å². The first-order chi connectivity index (χ1) is 10.3. The molecule has 0 aliphatic heterocycles. The van der Waals surface area contributed by atoms with Gasteiger partial charge in [0, 0.05) is 6.07 Å². The summed E-state index contributed by atoms with van der Waals surface area (Å²) >= 11 is 0.681. The van der Waals surface area contributed by atoms with Crippen LogP contribution in [0.5, 0.6) is 0 Å². The Labute approximate surface area is 127 Å². The third-order valence-corrected chi connectivity index (χ3v) is 3.19. The van der Waals surface area contributed by atoms with E-state index in [1.165, 1.54) is 0 Å². The zero-order valence-corrected chi connectivity index (χ0v) is 11.6. The number of nitro benzene ring substituents is 2. The molecule has 22 heavy (non-hydrogen) atoms. The summed E-state index contributed by atoms with van der Waals surface area (Å²) in [5.41, 5.74) is -0.983. The van der Waals surface area contributed by atoms with Crippen LogP contribution in [0.15, 0.2) is 34.3 Å². The molecule has 0 bridgehead atoms. The number of benzene rings is 1. The number of non-ortho nitro benzene ring substituents is 1. The topological polar surface area (TPSA) is 141 Å². The van der Waals surface area contributed by atoms with Crippen molar-refractivity contribution in [2.24, 2.45) is 0 Å². The Balaban J connectivity index is 3.19. The lowest BCUT2D eigenvalue weighted by atomic mass is 10.3. The van der Waals surface area contributed by atoms with Crippen LogP contribution in [0.4, 0.5) is 11.4 Å². The summed E-state index contributed by atoms with van der Waals surface area (Å²) in [4.78, 5) is 29.8. The van der Waals surface area contributed by atoms with Crippen molar-refractivity contribution in [2.45, 2.75) is 4.90 Å². The highest BCUT2D eigenvalue weighted by molar-refractivity contribution is 8.03. The van der Waals surface area contributed by atoms with Gasteiger partial charge in [0.05, 0.1) is 32.3 Å². The van der Waals surface area contributed by atoms with Gasteiger partial charge in [0.25, 0.3) is 17.6 Å². The highest BCUT2D eigenvalue weighted by Crippen LogP contribution is 2.35. The molecule has 0 saturated heterocycles. The third-order valence-electron chi connectivity index (χ3n) is 2.16. The Morgan fingerprint density at radius 3 is 2.45 bits per heavy atom. The summed E-state index contributed by atoms with van der Waals surface area (Å²) in [5.74, 6) is 2.21. The number of nitro groups is 3. The van der Waals surface area contributed by atoms with Gasteiger partial charge in [0.2, 0.25) is 0 Å². The van der Waals surface area contributed by atoms with Gasteiger partial charge in [-0.15, -0.1) is 6.42 Å². The predicted octanol–water partition coefficient (Wildman–Crippen LogP) is 1.89. The molecule has 1 N–H and O–H groups in total. The van der Waals surface area contributed by atoms with E-state index in [4.69, 9.17) is 6.42 Å². The molecular weight excluding hydrogens is 316 g/mol. The SMILES string of the molecule is C#CCN/C(=C\[N+](=O)[O-])Sc1ccc([N+](=O)[O-])cc1[N+](=O)[O-]. The molecule has 0 saturated carbocycles. The lowest BCUT2D eigenvalue weighted by Gasteiger charge is -2.06. The van der Waals surface area contributed by atoms with E-state index in [1.54, 1.807) is 0 Å². The molecular formula is C11H8N4O6S. The van der Waals surface area contributed by atoms with Crippen LogP contribution in [0.2, 0.25) is 0 Å². The minimum Gasteiger partial charge on any atom is -0.364 e. The lowest BCUT2D eigenvalue weighted by Crippen LogP contribution is -2.12. The minimum atomic E-state index is -0.805. The Kier molecular flexibility index (Phi) is 5.85. The molecule has 0 aromatic heterocycles. The first-order valence-corrected chi connectivity index (χ1v) is 6.30. The second-order valence-corrected chi connectivity index (χ2v) is 4.69. The Bertz CT molecular complexity index is 696. The number of terminal acetylenes is 1. The summed E-state index contributed by atoms with van der Waals surface area (Å²) in [5, 5.41) is 34.7. The lowest BCUT2D eigenvalue weighted by molar-refractivity contribution is -0.403. The average molecular weight is 324 g/mol. The van der Waals surface area contributed by atoms with Gasteiger partial charge in [-0.2, -0.15) is 0 Å². The molecule has 0 aliphatic rings. The second-order valence-electron chi connectivity index (χ2n) is 3.60. The maximum atomic E-state index is 11.0. The van der Waals surface area contributed by atoms with Crippen LogP contribution >= 0.6 is 11.8 Å². The fourth-order valence-electron chi connectivity index (χ4n) is 1.31. The first-order valence-electron chi connectivity index (χ1n) is 5.48. The predicted molar refractivity (Wildman–Crippen MR) is 77.5 cm³/mol. The van der Waals surface area contributed by atoms with E-state index >= 15 is 0 Å². The highest BCUT2D eigenvalue weighted by atomic mass is 32.2. The summed E-state index contributed by atoms with van der Waals surface area (Å²) < 4.78 is 0. The highest BCUT2D eigenvalue weighted by Gasteiger charge is 2.21. The first kappa shape index (κ1) is 16.9. The van der Waals surface area contributed by atoms with Gasteiger partial charge in [-0.05, 0) is 6.07 Å². The Hall–Kier alpha value is -3.13. The number of thioether (sulfide) groups is 1. The van der Waals surface area contributed by atoms with E-state index in [-0.39, 0.29) is 16.5 Å². The van der Waals surface area contributed by atoms with Crippen LogP contribution in [0.1, 0.15) is 0 Å². The second kappa shape index (κ2) is 7.60. The Morgan fingerprint density at radius 2 is 1.95 bits per heavy atom. The standard InChI is InChI=1S/C11H8N4O6S/c1-2-5-12-11(7-13(16)17)22-10-4-3-8(14(18)19)6-9(10)15(20)21/h1,3-4,6-7,12H,5H2/b11-7+. The molecule has 0 aliphatic carbocycles. The van der Waals surface area contributed by atoms with Crippen molar-refractivity contribution in [3.05, 3.63) is 59.8 Å². The van der Waals surface area contributed by atoms with Crippen LogP contribution in [0.3, 0.4) is 0 Å². The third kappa shape index (κ3) is 4.76. The van der Waals surface area contributed by atoms with Crippen molar-refractivity contribution in [1.82, 2.24) is 5.32 Å². The van der Waals surface area contributed by atoms with E-state index in [9.17, 15) is 30.3 Å². The van der Waals surface area contributed by atoms with E-state index in [2.05, 4.69) is 11.2 Å². The van der Waals surface area contributed by atoms with E-state index in [0.717, 1.165) is 18.2 Å². The summed E-state index contributed by atoms with van der Waals surface area (Å²) in [7, 11) is 0. The number of hydrogen-bond donors (Lipinski definition) is 1. The summed E-state index contributed by atoms with van der Waals surface area (Å²) in [6, 6.07) is 3.00. The van der Waals surface area contributed by atoms with Gasteiger partial charge in [-0.1, -0.05) is 17.7 Å². The molecule has 0 unspecified atom stereocenters. The van der Waals surface area contributed by atoms with Crippen LogP contribution in [0.25, 0.3) is 0 Å². The monoisotopic (exact) mass is 324 g/mol. The molecule has 1 rings (SSSR count). The fourth-order valence-corrected chi connectivity index (χ4v) is 2.20. The molecule has 0 fully saturated rings. The Morgan fingerprint density at radius 1 is 1.27 bits per heavy atom. The van der Waals surface area contributed by atoms with Crippen LogP contribution < -0.4 is 5.32 Å². The average Bonchev–Trinajstić information content (AvgIpc) is 2.44. The maximum absolute atomic E-state index is 11.0. The molecule has 0 atom stereocenters. The molecule has 0 spiro atoms. The van der Waals surface area contributed by atoms with Crippen molar-refractivity contribution in [3.63, 3.8) is 0 Å². The van der Waals surface area contributed by atoms with Gasteiger partial charge in [0.1, 0.15) is 5.03 Å². The van der Waals surface area contributed by atoms with Gasteiger partial charge >= 0.3 is 0 Å². The van der Waals surface area contributed by atoms with Crippen LogP contribution in [-0.4, -0.2) is 21.3 Å². The van der Waals surface area contributed by atoms with Crippen molar-refractivity contribution in [1.29, 1.82) is 0 Å². The number of nitrogens with zero attached hydrogens (tertiary/aromatic N) is 3. The minimum absolute atomic E-state index is 0.00761. The van der Waals surface area contributed by atoms with Crippen molar-refractivity contribution < 1.29 is 14.8 Å². The van der Waals surface area contributed by atoms with Gasteiger partial charge in [-0.3, -0.25) is 30.3 Å². The number of hydrogen-bond acceptors (Lipinski definition) is 8. The van der Waals surface area contributed by atoms with E-state index in [0.29, 0.717) is 18.0 Å². The molecule has 0 heterocycles. The molecule has 10 nitrogen and oxygen atoms in total. The quantitative estimate of drug-likeness (QED) is 0.347. The molecule has 11 heteroatoms. The molecule has 114 valence electrons. The van der Waals surface area contributed by atoms with Crippen molar-refractivity contribution in [3.8, 4) is 12.3 Å². The molecule has 1 aromatic rings. The van der Waals surface area contributed by atoms with Gasteiger partial charge in [-0.25, -0.2) is 0 Å². The van der Waals surface area contributed by atoms with Crippen molar-refractivity contribution in [2.75, 3.05) is 6.54 Å². The summed E-state index contributed by atoms with van der Waals surface area (Å²) in [6.45, 7) is -0.0204. The largest absolute Gasteiger partial charge is 0.364 e. The van der Waals surface area contributed by atoms with Crippen molar-refractivity contribution >= 4 is 23.1 Å². The van der Waals surface area contributed by atoms with Gasteiger partial charge in [0.15, 0.2) is 0 Å². The fraction of sp³-hybridized carbons (Fsp3) is 0.0909.